The Balaban J connectivity index is 0.00000147. The summed E-state index contributed by atoms with van der Waals surface area (Å²) < 4.78 is 0. The number of rotatable bonds is 3. The van der Waals surface area contributed by atoms with Crippen LogP contribution in [0.3, 0.4) is 0 Å². The van der Waals surface area contributed by atoms with Crippen molar-refractivity contribution in [2.75, 3.05) is 39.0 Å². The molecule has 4 heteroatoms. The Morgan fingerprint density at radius 1 is 1.25 bits per heavy atom. The van der Waals surface area contributed by atoms with E-state index in [1.807, 2.05) is 0 Å². The number of nitrogens with one attached hydrogen (secondary N) is 1. The van der Waals surface area contributed by atoms with Crippen LogP contribution in [0.2, 0.25) is 0 Å². The van der Waals surface area contributed by atoms with E-state index < -0.39 is 0 Å². The first-order chi connectivity index (χ1) is 9.24. The SMILES string of the molecule is CN(C)C1CCN(Cc2cccc3c2NCC3)CC1.Cl. The summed E-state index contributed by atoms with van der Waals surface area (Å²) in [6.45, 7) is 4.67. The van der Waals surface area contributed by atoms with E-state index in [-0.39, 0.29) is 12.4 Å². The highest BCUT2D eigenvalue weighted by atomic mass is 35.5. The predicted molar refractivity (Wildman–Crippen MR) is 87.9 cm³/mol. The molecule has 2 aliphatic heterocycles. The Labute approximate surface area is 128 Å². The second-order valence-electron chi connectivity index (χ2n) is 6.10. The molecule has 20 heavy (non-hydrogen) atoms. The van der Waals surface area contributed by atoms with E-state index in [0.717, 1.165) is 19.1 Å². The number of piperidine rings is 1. The number of benzene rings is 1. The highest BCUT2D eigenvalue weighted by Crippen LogP contribution is 2.28. The quantitative estimate of drug-likeness (QED) is 0.925. The average molecular weight is 296 g/mol. The Morgan fingerprint density at radius 2 is 2.00 bits per heavy atom. The second-order valence-corrected chi connectivity index (χ2v) is 6.10. The van der Waals surface area contributed by atoms with E-state index >= 15 is 0 Å². The summed E-state index contributed by atoms with van der Waals surface area (Å²) in [5, 5.41) is 3.55. The van der Waals surface area contributed by atoms with Crippen molar-refractivity contribution in [2.24, 2.45) is 0 Å². The maximum atomic E-state index is 3.55. The largest absolute Gasteiger partial charge is 0.384 e. The topological polar surface area (TPSA) is 18.5 Å². The first-order valence-electron chi connectivity index (χ1n) is 7.47. The van der Waals surface area contributed by atoms with Crippen LogP contribution < -0.4 is 5.32 Å². The van der Waals surface area contributed by atoms with Crippen molar-refractivity contribution in [3.63, 3.8) is 0 Å². The first kappa shape index (κ1) is 15.6. The normalized spacial score (nSPS) is 19.6. The monoisotopic (exact) mass is 295 g/mol. The Bertz CT molecular complexity index is 439. The second kappa shape index (κ2) is 6.79. The van der Waals surface area contributed by atoms with Crippen molar-refractivity contribution in [2.45, 2.75) is 31.8 Å². The third-order valence-corrected chi connectivity index (χ3v) is 4.61. The molecule has 0 aliphatic carbocycles. The van der Waals surface area contributed by atoms with E-state index in [1.165, 1.54) is 49.2 Å². The fraction of sp³-hybridized carbons (Fsp3) is 0.625. The van der Waals surface area contributed by atoms with Crippen LogP contribution in [-0.4, -0.2) is 49.6 Å². The lowest BCUT2D eigenvalue weighted by Crippen LogP contribution is -2.41. The van der Waals surface area contributed by atoms with Crippen LogP contribution in [0.25, 0.3) is 0 Å². The maximum Gasteiger partial charge on any atom is 0.0419 e. The van der Waals surface area contributed by atoms with Crippen LogP contribution >= 0.6 is 12.4 Å². The van der Waals surface area contributed by atoms with Gasteiger partial charge in [0.2, 0.25) is 0 Å². The van der Waals surface area contributed by atoms with E-state index in [4.69, 9.17) is 0 Å². The molecule has 0 atom stereocenters. The molecule has 0 spiro atoms. The number of para-hydroxylation sites is 1. The van der Waals surface area contributed by atoms with Gasteiger partial charge in [0.1, 0.15) is 0 Å². The number of anilines is 1. The fourth-order valence-corrected chi connectivity index (χ4v) is 3.38. The molecule has 1 saturated heterocycles. The minimum atomic E-state index is 0. The van der Waals surface area contributed by atoms with Gasteiger partial charge in [0.05, 0.1) is 0 Å². The van der Waals surface area contributed by atoms with Crippen molar-refractivity contribution >= 4 is 18.1 Å². The standard InChI is InChI=1S/C16H25N3.ClH/c1-18(2)15-7-10-19(11-8-15)12-14-5-3-4-13-6-9-17-16(13)14;/h3-5,15,17H,6-12H2,1-2H3;1H. The van der Waals surface area contributed by atoms with Crippen molar-refractivity contribution < 1.29 is 0 Å². The molecule has 0 saturated carbocycles. The summed E-state index contributed by atoms with van der Waals surface area (Å²) in [7, 11) is 4.41. The molecule has 3 nitrogen and oxygen atoms in total. The fourth-order valence-electron chi connectivity index (χ4n) is 3.38. The third kappa shape index (κ3) is 3.27. The number of likely N-dealkylation sites (tertiary alicyclic amines) is 1. The van der Waals surface area contributed by atoms with Crippen LogP contribution in [0.15, 0.2) is 18.2 Å². The molecule has 2 aliphatic rings. The van der Waals surface area contributed by atoms with Gasteiger partial charge in [-0.15, -0.1) is 12.4 Å². The maximum absolute atomic E-state index is 3.55. The molecule has 112 valence electrons. The van der Waals surface area contributed by atoms with Gasteiger partial charge in [-0.05, 0) is 57.6 Å². The number of hydrogen-bond acceptors (Lipinski definition) is 3. The molecule has 0 bridgehead atoms. The Hall–Kier alpha value is -0.770. The average Bonchev–Trinajstić information content (AvgIpc) is 2.89. The van der Waals surface area contributed by atoms with Gasteiger partial charge in [-0.25, -0.2) is 0 Å². The first-order valence-corrected chi connectivity index (χ1v) is 7.47. The number of fused-ring (bicyclic) bond motifs is 1. The van der Waals surface area contributed by atoms with Gasteiger partial charge in [-0.3, -0.25) is 4.90 Å². The summed E-state index contributed by atoms with van der Waals surface area (Å²) in [5.41, 5.74) is 4.40. The van der Waals surface area contributed by atoms with Crippen LogP contribution in [-0.2, 0) is 13.0 Å². The van der Waals surface area contributed by atoms with Crippen molar-refractivity contribution in [1.82, 2.24) is 9.80 Å². The van der Waals surface area contributed by atoms with E-state index in [2.05, 4.69) is 47.4 Å². The lowest BCUT2D eigenvalue weighted by molar-refractivity contribution is 0.140. The zero-order valence-electron chi connectivity index (χ0n) is 12.6. The van der Waals surface area contributed by atoms with Gasteiger partial charge in [0.15, 0.2) is 0 Å². The minimum absolute atomic E-state index is 0. The van der Waals surface area contributed by atoms with Crippen LogP contribution in [0.4, 0.5) is 5.69 Å². The molecular weight excluding hydrogens is 270 g/mol. The van der Waals surface area contributed by atoms with E-state index in [9.17, 15) is 0 Å². The van der Waals surface area contributed by atoms with Gasteiger partial charge in [-0.2, -0.15) is 0 Å². The third-order valence-electron chi connectivity index (χ3n) is 4.61. The molecule has 1 N–H and O–H groups in total. The highest BCUT2D eigenvalue weighted by Gasteiger charge is 2.22. The zero-order valence-corrected chi connectivity index (χ0v) is 13.4. The van der Waals surface area contributed by atoms with Crippen molar-refractivity contribution in [3.05, 3.63) is 29.3 Å². The molecule has 2 heterocycles. The van der Waals surface area contributed by atoms with Crippen LogP contribution in [0, 0.1) is 0 Å². The van der Waals surface area contributed by atoms with Crippen molar-refractivity contribution in [3.8, 4) is 0 Å². The number of nitrogens with zero attached hydrogens (tertiary/aromatic N) is 2. The van der Waals surface area contributed by atoms with Gasteiger partial charge in [-0.1, -0.05) is 18.2 Å². The van der Waals surface area contributed by atoms with E-state index in [0.29, 0.717) is 0 Å². The number of hydrogen-bond donors (Lipinski definition) is 1. The molecule has 0 aromatic heterocycles. The summed E-state index contributed by atoms with van der Waals surface area (Å²) in [5.74, 6) is 0. The van der Waals surface area contributed by atoms with Crippen LogP contribution in [0.5, 0.6) is 0 Å². The van der Waals surface area contributed by atoms with Gasteiger partial charge >= 0.3 is 0 Å². The molecular formula is C16H26ClN3. The lowest BCUT2D eigenvalue weighted by atomic mass is 10.0. The van der Waals surface area contributed by atoms with Crippen LogP contribution in [0.1, 0.15) is 24.0 Å². The van der Waals surface area contributed by atoms with Crippen molar-refractivity contribution in [1.29, 1.82) is 0 Å². The molecule has 0 unspecified atom stereocenters. The Kier molecular flexibility index (Phi) is 5.30. The summed E-state index contributed by atoms with van der Waals surface area (Å²) in [6.07, 6.45) is 3.79. The lowest BCUT2D eigenvalue weighted by Gasteiger charge is -2.35. The summed E-state index contributed by atoms with van der Waals surface area (Å²) >= 11 is 0. The van der Waals surface area contributed by atoms with Gasteiger partial charge < -0.3 is 10.2 Å². The molecule has 0 amide bonds. The molecule has 1 aromatic carbocycles. The number of halogens is 1. The summed E-state index contributed by atoms with van der Waals surface area (Å²) in [4.78, 5) is 4.98. The highest BCUT2D eigenvalue weighted by molar-refractivity contribution is 5.85. The van der Waals surface area contributed by atoms with E-state index in [1.54, 1.807) is 0 Å². The molecule has 3 rings (SSSR count). The molecule has 0 radical (unpaired) electrons. The van der Waals surface area contributed by atoms with Gasteiger partial charge in [0, 0.05) is 24.8 Å². The molecule has 1 fully saturated rings. The molecule has 1 aromatic rings. The Morgan fingerprint density at radius 3 is 2.70 bits per heavy atom. The smallest absolute Gasteiger partial charge is 0.0419 e. The zero-order chi connectivity index (χ0) is 13.2. The minimum Gasteiger partial charge on any atom is -0.384 e. The van der Waals surface area contributed by atoms with Gasteiger partial charge in [0.25, 0.3) is 0 Å². The predicted octanol–water partition coefficient (Wildman–Crippen LogP) is 2.60. The summed E-state index contributed by atoms with van der Waals surface area (Å²) in [6, 6.07) is 7.54.